The molecule has 0 aliphatic rings. The molecule has 21 heavy (non-hydrogen) atoms. The first-order valence-corrected chi connectivity index (χ1v) is 10.8. The average molecular weight is 304 g/mol. The molecule has 1 rings (SSSR count). The minimum Gasteiger partial charge on any atom is -0.410 e. The van der Waals surface area contributed by atoms with Gasteiger partial charge in [-0.2, -0.15) is 5.26 Å². The third-order valence-corrected chi connectivity index (χ3v) is 8.96. The van der Waals surface area contributed by atoms with Gasteiger partial charge in [0.25, 0.3) is 0 Å². The maximum atomic E-state index is 8.93. The SMILES string of the molecule is CCCCC(O[Si](C)(C)C(C)(C)C)c1ccc(C#N)cc1. The molecule has 3 heteroatoms. The van der Waals surface area contributed by atoms with Crippen molar-refractivity contribution in [1.82, 2.24) is 0 Å². The van der Waals surface area contributed by atoms with Crippen LogP contribution in [0.25, 0.3) is 0 Å². The zero-order chi connectivity index (χ0) is 16.1. The fourth-order valence-corrected chi connectivity index (χ4v) is 3.31. The molecule has 0 aromatic heterocycles. The van der Waals surface area contributed by atoms with Crippen LogP contribution in [0.4, 0.5) is 0 Å². The molecule has 0 saturated heterocycles. The third kappa shape index (κ3) is 4.98. The lowest BCUT2D eigenvalue weighted by Crippen LogP contribution is -2.41. The van der Waals surface area contributed by atoms with Crippen LogP contribution in [0.1, 0.15) is 64.2 Å². The van der Waals surface area contributed by atoms with Gasteiger partial charge in [0.15, 0.2) is 8.32 Å². The van der Waals surface area contributed by atoms with E-state index in [-0.39, 0.29) is 11.1 Å². The summed E-state index contributed by atoms with van der Waals surface area (Å²) in [4.78, 5) is 0. The summed E-state index contributed by atoms with van der Waals surface area (Å²) in [6.07, 6.45) is 3.54. The highest BCUT2D eigenvalue weighted by atomic mass is 28.4. The van der Waals surface area contributed by atoms with Gasteiger partial charge in [0, 0.05) is 0 Å². The molecule has 0 fully saturated rings. The molecule has 2 nitrogen and oxygen atoms in total. The largest absolute Gasteiger partial charge is 0.410 e. The van der Waals surface area contributed by atoms with Crippen molar-refractivity contribution >= 4 is 8.32 Å². The van der Waals surface area contributed by atoms with E-state index in [1.807, 2.05) is 24.3 Å². The molecule has 0 aliphatic heterocycles. The first-order chi connectivity index (χ1) is 9.71. The Bertz CT molecular complexity index is 479. The van der Waals surface area contributed by atoms with Gasteiger partial charge in [0.1, 0.15) is 0 Å². The van der Waals surface area contributed by atoms with Crippen molar-refractivity contribution < 1.29 is 4.43 Å². The van der Waals surface area contributed by atoms with Crippen LogP contribution in [0.3, 0.4) is 0 Å². The Hall–Kier alpha value is -1.11. The second-order valence-electron chi connectivity index (χ2n) is 7.24. The van der Waals surface area contributed by atoms with Crippen molar-refractivity contribution in [2.24, 2.45) is 0 Å². The van der Waals surface area contributed by atoms with Gasteiger partial charge in [0.05, 0.1) is 17.7 Å². The molecule has 1 unspecified atom stereocenters. The highest BCUT2D eigenvalue weighted by Crippen LogP contribution is 2.40. The third-order valence-electron chi connectivity index (χ3n) is 4.47. The molecule has 116 valence electrons. The van der Waals surface area contributed by atoms with Crippen molar-refractivity contribution in [2.75, 3.05) is 0 Å². The van der Waals surface area contributed by atoms with Crippen molar-refractivity contribution in [3.63, 3.8) is 0 Å². The van der Waals surface area contributed by atoms with E-state index in [1.54, 1.807) is 0 Å². The Morgan fingerprint density at radius 1 is 1.19 bits per heavy atom. The van der Waals surface area contributed by atoms with Crippen LogP contribution in [0.5, 0.6) is 0 Å². The molecule has 1 aromatic rings. The van der Waals surface area contributed by atoms with Crippen LogP contribution < -0.4 is 0 Å². The van der Waals surface area contributed by atoms with Crippen LogP contribution in [-0.2, 0) is 4.43 Å². The molecule has 0 spiro atoms. The number of nitrogens with zero attached hydrogens (tertiary/aromatic N) is 1. The molecule has 0 N–H and O–H groups in total. The number of hydrogen-bond donors (Lipinski definition) is 0. The van der Waals surface area contributed by atoms with E-state index in [1.165, 1.54) is 18.4 Å². The van der Waals surface area contributed by atoms with E-state index in [2.05, 4.69) is 46.9 Å². The Labute approximate surface area is 131 Å². The lowest BCUT2D eigenvalue weighted by molar-refractivity contribution is 0.170. The molecular formula is C18H29NOSi. The van der Waals surface area contributed by atoms with Crippen LogP contribution >= 0.6 is 0 Å². The molecule has 0 saturated carbocycles. The van der Waals surface area contributed by atoms with Gasteiger partial charge in [0.2, 0.25) is 0 Å². The zero-order valence-corrected chi connectivity index (χ0v) is 15.4. The van der Waals surface area contributed by atoms with E-state index >= 15 is 0 Å². The summed E-state index contributed by atoms with van der Waals surface area (Å²) in [5.74, 6) is 0. The number of benzene rings is 1. The lowest BCUT2D eigenvalue weighted by Gasteiger charge is -2.39. The molecular weight excluding hydrogens is 274 g/mol. The first-order valence-electron chi connectivity index (χ1n) is 7.89. The van der Waals surface area contributed by atoms with Gasteiger partial charge in [-0.25, -0.2) is 0 Å². The number of rotatable bonds is 6. The minimum absolute atomic E-state index is 0.151. The summed E-state index contributed by atoms with van der Waals surface area (Å²) < 4.78 is 6.62. The number of hydrogen-bond acceptors (Lipinski definition) is 2. The van der Waals surface area contributed by atoms with Gasteiger partial charge in [-0.05, 0) is 42.2 Å². The average Bonchev–Trinajstić information content (AvgIpc) is 2.42. The van der Waals surface area contributed by atoms with Crippen molar-refractivity contribution in [1.29, 1.82) is 5.26 Å². The van der Waals surface area contributed by atoms with E-state index in [0.717, 1.165) is 6.42 Å². The number of unbranched alkanes of at least 4 members (excludes halogenated alkanes) is 1. The second-order valence-corrected chi connectivity index (χ2v) is 12.0. The summed E-state index contributed by atoms with van der Waals surface area (Å²) in [5, 5.41) is 9.14. The Morgan fingerprint density at radius 3 is 2.19 bits per heavy atom. The van der Waals surface area contributed by atoms with Crippen molar-refractivity contribution in [3.8, 4) is 6.07 Å². The second kappa shape index (κ2) is 7.24. The summed E-state index contributed by atoms with van der Waals surface area (Å²) in [6, 6.07) is 10.1. The van der Waals surface area contributed by atoms with E-state index in [0.29, 0.717) is 5.56 Å². The molecule has 0 radical (unpaired) electrons. The Balaban J connectivity index is 2.97. The maximum absolute atomic E-state index is 8.93. The maximum Gasteiger partial charge on any atom is 0.192 e. The lowest BCUT2D eigenvalue weighted by atomic mass is 10.0. The topological polar surface area (TPSA) is 33.0 Å². The first kappa shape index (κ1) is 17.9. The Kier molecular flexibility index (Phi) is 6.19. The monoisotopic (exact) mass is 303 g/mol. The van der Waals surface area contributed by atoms with Crippen LogP contribution in [0.15, 0.2) is 24.3 Å². The van der Waals surface area contributed by atoms with Crippen LogP contribution in [0, 0.1) is 11.3 Å². The summed E-state index contributed by atoms with van der Waals surface area (Å²) >= 11 is 0. The van der Waals surface area contributed by atoms with Gasteiger partial charge in [-0.1, -0.05) is 52.7 Å². The Morgan fingerprint density at radius 2 is 1.76 bits per heavy atom. The summed E-state index contributed by atoms with van der Waals surface area (Å²) in [5.41, 5.74) is 1.91. The highest BCUT2D eigenvalue weighted by Gasteiger charge is 2.39. The predicted molar refractivity (Wildman–Crippen MR) is 91.7 cm³/mol. The summed E-state index contributed by atoms with van der Waals surface area (Å²) in [7, 11) is -1.79. The van der Waals surface area contributed by atoms with E-state index in [9.17, 15) is 0 Å². The van der Waals surface area contributed by atoms with Crippen LogP contribution in [0.2, 0.25) is 18.1 Å². The molecule has 0 heterocycles. The van der Waals surface area contributed by atoms with E-state index < -0.39 is 8.32 Å². The molecule has 0 amide bonds. The minimum atomic E-state index is -1.79. The molecule has 1 atom stereocenters. The van der Waals surface area contributed by atoms with Gasteiger partial charge in [-0.3, -0.25) is 0 Å². The van der Waals surface area contributed by atoms with Gasteiger partial charge in [-0.15, -0.1) is 0 Å². The van der Waals surface area contributed by atoms with Gasteiger partial charge >= 0.3 is 0 Å². The standard InChI is InChI=1S/C18H29NOSi/c1-7-8-9-17(20-21(5,6)18(2,3)4)16-12-10-15(14-19)11-13-16/h10-13,17H,7-9H2,1-6H3. The highest BCUT2D eigenvalue weighted by molar-refractivity contribution is 6.74. The molecule has 0 bridgehead atoms. The number of nitriles is 1. The van der Waals surface area contributed by atoms with Gasteiger partial charge < -0.3 is 4.43 Å². The predicted octanol–water partition coefficient (Wildman–Crippen LogP) is 5.81. The fourth-order valence-electron chi connectivity index (χ4n) is 1.99. The normalized spacial score (nSPS) is 13.8. The van der Waals surface area contributed by atoms with Crippen molar-refractivity contribution in [3.05, 3.63) is 35.4 Å². The molecule has 0 aliphatic carbocycles. The zero-order valence-electron chi connectivity index (χ0n) is 14.4. The quantitative estimate of drug-likeness (QED) is 0.621. The smallest absolute Gasteiger partial charge is 0.192 e. The van der Waals surface area contributed by atoms with Crippen LogP contribution in [-0.4, -0.2) is 8.32 Å². The fraction of sp³-hybridized carbons (Fsp3) is 0.611. The van der Waals surface area contributed by atoms with E-state index in [4.69, 9.17) is 9.69 Å². The summed E-state index contributed by atoms with van der Waals surface area (Å²) in [6.45, 7) is 13.6. The molecule has 1 aromatic carbocycles. The van der Waals surface area contributed by atoms with Crippen molar-refractivity contribution in [2.45, 2.75) is 71.2 Å².